The van der Waals surface area contributed by atoms with E-state index in [1.807, 2.05) is 0 Å². The molecule has 4 unspecified atom stereocenters. The van der Waals surface area contributed by atoms with Gasteiger partial charge in [-0.2, -0.15) is 0 Å². The van der Waals surface area contributed by atoms with E-state index in [1.165, 1.54) is 25.7 Å². The van der Waals surface area contributed by atoms with Crippen molar-refractivity contribution in [3.8, 4) is 0 Å². The van der Waals surface area contributed by atoms with E-state index in [2.05, 4.69) is 5.32 Å². The quantitative estimate of drug-likeness (QED) is 0.798. The lowest BCUT2D eigenvalue weighted by Gasteiger charge is -2.24. The highest BCUT2D eigenvalue weighted by Gasteiger charge is 2.45. The zero-order valence-corrected chi connectivity index (χ0v) is 12.1. The summed E-state index contributed by atoms with van der Waals surface area (Å²) in [5.74, 6) is -0.0311. The molecule has 2 aliphatic heterocycles. The average Bonchev–Trinajstić information content (AvgIpc) is 3.02. The van der Waals surface area contributed by atoms with E-state index in [0.717, 1.165) is 6.42 Å². The second-order valence-corrected chi connectivity index (χ2v) is 6.98. The molecule has 0 bridgehead atoms. The molecule has 3 rings (SSSR count). The summed E-state index contributed by atoms with van der Waals surface area (Å²) >= 11 is 0. The van der Waals surface area contributed by atoms with Crippen molar-refractivity contribution < 1.29 is 14.7 Å². The van der Waals surface area contributed by atoms with Crippen LogP contribution in [0.1, 0.15) is 45.4 Å². The summed E-state index contributed by atoms with van der Waals surface area (Å²) in [5.41, 5.74) is -0.763. The van der Waals surface area contributed by atoms with Gasteiger partial charge in [0.1, 0.15) is 0 Å². The molecule has 3 fully saturated rings. The van der Waals surface area contributed by atoms with E-state index in [4.69, 9.17) is 0 Å². The Morgan fingerprint density at radius 1 is 1.30 bits per heavy atom. The number of hydrogen-bond acceptors (Lipinski definition) is 3. The molecule has 3 aliphatic rings. The second kappa shape index (κ2) is 5.02. The lowest BCUT2D eigenvalue weighted by Crippen LogP contribution is -2.45. The van der Waals surface area contributed by atoms with E-state index in [9.17, 15) is 14.7 Å². The van der Waals surface area contributed by atoms with Crippen LogP contribution in [0.25, 0.3) is 0 Å². The minimum absolute atomic E-state index is 0.0840. The number of nitrogens with zero attached hydrogens (tertiary/aromatic N) is 1. The monoisotopic (exact) mass is 280 g/mol. The molecule has 0 spiro atoms. The third-order valence-electron chi connectivity index (χ3n) is 5.46. The minimum atomic E-state index is -0.791. The highest BCUT2D eigenvalue weighted by atomic mass is 16.4. The van der Waals surface area contributed by atoms with E-state index in [1.54, 1.807) is 11.8 Å². The Morgan fingerprint density at radius 2 is 2.05 bits per heavy atom. The van der Waals surface area contributed by atoms with Crippen molar-refractivity contribution in [1.82, 2.24) is 10.2 Å². The number of carboxylic acids is 1. The van der Waals surface area contributed by atoms with Crippen LogP contribution in [0, 0.1) is 11.3 Å². The van der Waals surface area contributed by atoms with Crippen molar-refractivity contribution >= 4 is 11.9 Å². The Labute approximate surface area is 119 Å². The van der Waals surface area contributed by atoms with Crippen molar-refractivity contribution in [3.63, 3.8) is 0 Å². The molecular formula is C15H24N2O3. The maximum atomic E-state index is 12.6. The second-order valence-electron chi connectivity index (χ2n) is 6.98. The van der Waals surface area contributed by atoms with Gasteiger partial charge in [-0.05, 0) is 38.5 Å². The number of rotatable bonds is 2. The van der Waals surface area contributed by atoms with Crippen molar-refractivity contribution in [1.29, 1.82) is 0 Å². The van der Waals surface area contributed by atoms with Crippen LogP contribution < -0.4 is 5.32 Å². The lowest BCUT2D eigenvalue weighted by atomic mass is 9.85. The van der Waals surface area contributed by atoms with Gasteiger partial charge in [0.15, 0.2) is 0 Å². The normalized spacial score (nSPS) is 40.6. The smallest absolute Gasteiger partial charge is 0.311 e. The molecule has 0 radical (unpaired) electrons. The number of aliphatic carboxylic acids is 1. The van der Waals surface area contributed by atoms with Gasteiger partial charge >= 0.3 is 5.97 Å². The standard InChI is InChI=1S/C15H24N2O3/c1-15(14(19)20)6-7-17(9-15)13(18)12-8-10-4-2-3-5-11(10)16-12/h10-12,16H,2-9H2,1H3,(H,19,20). The van der Waals surface area contributed by atoms with E-state index >= 15 is 0 Å². The minimum Gasteiger partial charge on any atom is -0.481 e. The maximum absolute atomic E-state index is 12.6. The Kier molecular flexibility index (Phi) is 3.48. The molecule has 2 heterocycles. The Bertz CT molecular complexity index is 411. The number of likely N-dealkylation sites (tertiary alicyclic amines) is 1. The first kappa shape index (κ1) is 13.9. The van der Waals surface area contributed by atoms with Crippen molar-refractivity contribution in [2.75, 3.05) is 13.1 Å². The van der Waals surface area contributed by atoms with Crippen LogP contribution in [-0.2, 0) is 9.59 Å². The zero-order chi connectivity index (χ0) is 14.3. The van der Waals surface area contributed by atoms with Gasteiger partial charge in [-0.15, -0.1) is 0 Å². The number of fused-ring (bicyclic) bond motifs is 1. The molecule has 1 aliphatic carbocycles. The summed E-state index contributed by atoms with van der Waals surface area (Å²) in [6.45, 7) is 2.67. The Balaban J connectivity index is 1.62. The molecule has 2 N–H and O–H groups in total. The maximum Gasteiger partial charge on any atom is 0.311 e. The molecule has 20 heavy (non-hydrogen) atoms. The van der Waals surface area contributed by atoms with Crippen LogP contribution in [0.15, 0.2) is 0 Å². The predicted molar refractivity (Wildman–Crippen MR) is 74.2 cm³/mol. The number of carbonyl (C=O) groups is 2. The zero-order valence-electron chi connectivity index (χ0n) is 12.1. The third-order valence-corrected chi connectivity index (χ3v) is 5.46. The average molecular weight is 280 g/mol. The van der Waals surface area contributed by atoms with Gasteiger partial charge in [0.25, 0.3) is 0 Å². The van der Waals surface area contributed by atoms with Crippen LogP contribution in [0.4, 0.5) is 0 Å². The van der Waals surface area contributed by atoms with Gasteiger partial charge in [-0.3, -0.25) is 9.59 Å². The third kappa shape index (κ3) is 2.32. The van der Waals surface area contributed by atoms with Crippen molar-refractivity contribution in [3.05, 3.63) is 0 Å². The number of carbonyl (C=O) groups excluding carboxylic acids is 1. The summed E-state index contributed by atoms with van der Waals surface area (Å²) in [5, 5.41) is 12.7. The molecule has 112 valence electrons. The van der Waals surface area contributed by atoms with Gasteiger partial charge in [0.05, 0.1) is 11.5 Å². The Hall–Kier alpha value is -1.10. The summed E-state index contributed by atoms with van der Waals surface area (Å²) in [7, 11) is 0. The number of amides is 1. The first-order valence-electron chi connectivity index (χ1n) is 7.78. The van der Waals surface area contributed by atoms with Gasteiger partial charge in [-0.25, -0.2) is 0 Å². The van der Waals surface area contributed by atoms with E-state index < -0.39 is 11.4 Å². The molecule has 0 aromatic carbocycles. The Morgan fingerprint density at radius 3 is 2.70 bits per heavy atom. The van der Waals surface area contributed by atoms with Gasteiger partial charge in [-0.1, -0.05) is 12.8 Å². The molecule has 4 atom stereocenters. The molecule has 5 heteroatoms. The first-order valence-corrected chi connectivity index (χ1v) is 7.78. The van der Waals surface area contributed by atoms with E-state index in [-0.39, 0.29) is 11.9 Å². The van der Waals surface area contributed by atoms with Crippen LogP contribution in [0.3, 0.4) is 0 Å². The summed E-state index contributed by atoms with van der Waals surface area (Å²) in [4.78, 5) is 25.6. The fraction of sp³-hybridized carbons (Fsp3) is 0.867. The summed E-state index contributed by atoms with van der Waals surface area (Å²) < 4.78 is 0. The van der Waals surface area contributed by atoms with Crippen LogP contribution >= 0.6 is 0 Å². The van der Waals surface area contributed by atoms with Gasteiger partial charge in [0.2, 0.25) is 5.91 Å². The molecule has 0 aromatic heterocycles. The predicted octanol–water partition coefficient (Wildman–Crippen LogP) is 1.23. The highest BCUT2D eigenvalue weighted by Crippen LogP contribution is 2.35. The molecular weight excluding hydrogens is 256 g/mol. The lowest BCUT2D eigenvalue weighted by molar-refractivity contribution is -0.147. The van der Waals surface area contributed by atoms with Crippen molar-refractivity contribution in [2.45, 2.75) is 57.5 Å². The van der Waals surface area contributed by atoms with Crippen LogP contribution in [0.2, 0.25) is 0 Å². The van der Waals surface area contributed by atoms with Gasteiger partial charge < -0.3 is 15.3 Å². The largest absolute Gasteiger partial charge is 0.481 e. The molecule has 1 amide bonds. The van der Waals surface area contributed by atoms with Crippen LogP contribution in [-0.4, -0.2) is 47.1 Å². The van der Waals surface area contributed by atoms with Crippen molar-refractivity contribution in [2.24, 2.45) is 11.3 Å². The molecule has 2 saturated heterocycles. The highest BCUT2D eigenvalue weighted by molar-refractivity contribution is 5.84. The first-order chi connectivity index (χ1) is 9.49. The SMILES string of the molecule is CC1(C(=O)O)CCN(C(=O)C2CC3CCCCC3N2)C1. The topological polar surface area (TPSA) is 69.6 Å². The number of nitrogens with one attached hydrogen (secondary N) is 1. The fourth-order valence-electron chi connectivity index (χ4n) is 4.05. The number of carboxylic acid groups (broad SMARTS) is 1. The molecule has 0 aromatic rings. The summed E-state index contributed by atoms with van der Waals surface area (Å²) in [6.07, 6.45) is 6.45. The van der Waals surface area contributed by atoms with E-state index in [0.29, 0.717) is 31.5 Å². The van der Waals surface area contributed by atoms with Gasteiger partial charge in [0, 0.05) is 19.1 Å². The molecule has 5 nitrogen and oxygen atoms in total. The summed E-state index contributed by atoms with van der Waals surface area (Å²) in [6, 6.07) is 0.422. The fourth-order valence-corrected chi connectivity index (χ4v) is 4.05. The van der Waals surface area contributed by atoms with Crippen LogP contribution in [0.5, 0.6) is 0 Å². The number of hydrogen-bond donors (Lipinski definition) is 2. The molecule has 1 saturated carbocycles.